The molecule has 0 fully saturated rings. The number of fused-ring (bicyclic) bond motifs is 1. The van der Waals surface area contributed by atoms with Crippen LogP contribution >= 0.6 is 0 Å². The van der Waals surface area contributed by atoms with Crippen molar-refractivity contribution in [3.63, 3.8) is 0 Å². The minimum absolute atomic E-state index is 0.0948. The van der Waals surface area contributed by atoms with Crippen LogP contribution in [0.4, 0.5) is 16.2 Å². The number of imidazole rings is 1. The van der Waals surface area contributed by atoms with Crippen LogP contribution in [0.15, 0.2) is 36.8 Å². The first-order valence-corrected chi connectivity index (χ1v) is 8.71. The van der Waals surface area contributed by atoms with Gasteiger partial charge in [-0.2, -0.15) is 0 Å². The molecular weight excluding hydrogens is 314 g/mol. The number of anilines is 2. The van der Waals surface area contributed by atoms with E-state index in [4.69, 9.17) is 0 Å². The molecule has 0 bridgehead atoms. The van der Waals surface area contributed by atoms with Crippen LogP contribution in [0.1, 0.15) is 37.4 Å². The van der Waals surface area contributed by atoms with Gasteiger partial charge >= 0.3 is 6.03 Å². The third-order valence-electron chi connectivity index (χ3n) is 4.74. The molecule has 2 amide bonds. The zero-order valence-corrected chi connectivity index (χ0v) is 15.0. The number of carbonyl (C=O) groups is 1. The molecule has 3 rings (SSSR count). The van der Waals surface area contributed by atoms with Crippen molar-refractivity contribution in [2.45, 2.75) is 26.2 Å². The standard InChI is InChI=1S/C19H25N5O/c1-4-14(18-11-21-12-23-18)15-8-9-22-17-7-6-13(10-16(15)17)24(5-2)19(25)20-3/h4,6-7,10-12,15,22H,5,8-9H2,1-3H3,(H,20,25)(H,21,23)/b14-4-. The van der Waals surface area contributed by atoms with E-state index in [0.717, 1.165) is 30.0 Å². The zero-order valence-electron chi connectivity index (χ0n) is 15.0. The van der Waals surface area contributed by atoms with Crippen LogP contribution in [-0.2, 0) is 0 Å². The molecule has 1 aromatic heterocycles. The Hall–Kier alpha value is -2.76. The van der Waals surface area contributed by atoms with E-state index in [0.29, 0.717) is 6.54 Å². The molecule has 132 valence electrons. The van der Waals surface area contributed by atoms with Gasteiger partial charge in [-0.3, -0.25) is 4.90 Å². The number of hydrogen-bond donors (Lipinski definition) is 3. The molecule has 25 heavy (non-hydrogen) atoms. The molecular formula is C19H25N5O. The number of nitrogens with one attached hydrogen (secondary N) is 3. The van der Waals surface area contributed by atoms with Crippen molar-refractivity contribution in [3.05, 3.63) is 48.1 Å². The molecule has 1 aliphatic rings. The van der Waals surface area contributed by atoms with Gasteiger partial charge in [-0.05, 0) is 49.6 Å². The van der Waals surface area contributed by atoms with Crippen molar-refractivity contribution in [1.29, 1.82) is 0 Å². The number of carbonyl (C=O) groups excluding carboxylic acids is 1. The Kier molecular flexibility index (Phi) is 5.07. The predicted octanol–water partition coefficient (Wildman–Crippen LogP) is 3.58. The minimum atomic E-state index is -0.0948. The molecule has 6 nitrogen and oxygen atoms in total. The van der Waals surface area contributed by atoms with Gasteiger partial charge in [-0.1, -0.05) is 6.08 Å². The molecule has 3 N–H and O–H groups in total. The maximum Gasteiger partial charge on any atom is 0.321 e. The quantitative estimate of drug-likeness (QED) is 0.797. The summed E-state index contributed by atoms with van der Waals surface area (Å²) in [6.07, 6.45) is 6.73. The monoisotopic (exact) mass is 339 g/mol. The van der Waals surface area contributed by atoms with Gasteiger partial charge in [0.2, 0.25) is 0 Å². The molecule has 0 saturated heterocycles. The van der Waals surface area contributed by atoms with Crippen molar-refractivity contribution in [3.8, 4) is 0 Å². The summed E-state index contributed by atoms with van der Waals surface area (Å²) < 4.78 is 0. The predicted molar refractivity (Wildman–Crippen MR) is 102 cm³/mol. The van der Waals surface area contributed by atoms with Crippen LogP contribution in [0.25, 0.3) is 5.57 Å². The summed E-state index contributed by atoms with van der Waals surface area (Å²) in [6, 6.07) is 6.11. The van der Waals surface area contributed by atoms with Crippen molar-refractivity contribution < 1.29 is 4.79 Å². The Balaban J connectivity index is 2.02. The molecule has 6 heteroatoms. The van der Waals surface area contributed by atoms with Crippen LogP contribution in [0, 0.1) is 0 Å². The van der Waals surface area contributed by atoms with Crippen LogP contribution in [0.3, 0.4) is 0 Å². The lowest BCUT2D eigenvalue weighted by molar-refractivity contribution is 0.248. The summed E-state index contributed by atoms with van der Waals surface area (Å²) in [4.78, 5) is 21.3. The van der Waals surface area contributed by atoms with Gasteiger partial charge < -0.3 is 15.6 Å². The van der Waals surface area contributed by atoms with Crippen LogP contribution < -0.4 is 15.5 Å². The fraction of sp³-hybridized carbons (Fsp3) is 0.368. The summed E-state index contributed by atoms with van der Waals surface area (Å²) in [5, 5.41) is 6.18. The van der Waals surface area contributed by atoms with Crippen LogP contribution in [0.5, 0.6) is 0 Å². The molecule has 0 spiro atoms. The van der Waals surface area contributed by atoms with Crippen LogP contribution in [-0.4, -0.2) is 36.1 Å². The first-order chi connectivity index (χ1) is 12.2. The van der Waals surface area contributed by atoms with E-state index in [1.165, 1.54) is 11.1 Å². The Morgan fingerprint density at radius 1 is 1.48 bits per heavy atom. The third kappa shape index (κ3) is 3.24. The number of hydrogen-bond acceptors (Lipinski definition) is 3. The Morgan fingerprint density at radius 2 is 2.32 bits per heavy atom. The van der Waals surface area contributed by atoms with Crippen molar-refractivity contribution in [2.24, 2.45) is 0 Å². The summed E-state index contributed by atoms with van der Waals surface area (Å²) in [7, 11) is 1.66. The average molecular weight is 339 g/mol. The lowest BCUT2D eigenvalue weighted by Gasteiger charge is -2.30. The van der Waals surface area contributed by atoms with E-state index in [2.05, 4.69) is 45.7 Å². The van der Waals surface area contributed by atoms with Crippen molar-refractivity contribution >= 4 is 23.0 Å². The molecule has 2 aromatic rings. The number of rotatable bonds is 4. The molecule has 0 radical (unpaired) electrons. The fourth-order valence-electron chi connectivity index (χ4n) is 3.53. The Morgan fingerprint density at radius 3 is 2.96 bits per heavy atom. The molecule has 1 aliphatic heterocycles. The molecule has 0 saturated carbocycles. The second-order valence-electron chi connectivity index (χ2n) is 6.05. The van der Waals surface area contributed by atoms with E-state index in [1.807, 2.05) is 19.2 Å². The van der Waals surface area contributed by atoms with Gasteiger partial charge in [0, 0.05) is 37.4 Å². The molecule has 1 atom stereocenters. The highest BCUT2D eigenvalue weighted by Gasteiger charge is 2.26. The number of H-pyrrole nitrogens is 1. The Bertz CT molecular complexity index is 766. The van der Waals surface area contributed by atoms with E-state index < -0.39 is 0 Å². The average Bonchev–Trinajstić information content (AvgIpc) is 3.17. The normalized spacial score (nSPS) is 16.8. The highest BCUT2D eigenvalue weighted by atomic mass is 16.2. The number of aromatic amines is 1. The second-order valence-corrected chi connectivity index (χ2v) is 6.05. The number of urea groups is 1. The smallest absolute Gasteiger partial charge is 0.321 e. The molecule has 0 aliphatic carbocycles. The van der Waals surface area contributed by atoms with Gasteiger partial charge in [0.1, 0.15) is 0 Å². The third-order valence-corrected chi connectivity index (χ3v) is 4.74. The van der Waals surface area contributed by atoms with Crippen molar-refractivity contribution in [1.82, 2.24) is 15.3 Å². The fourth-order valence-corrected chi connectivity index (χ4v) is 3.53. The number of benzene rings is 1. The highest BCUT2D eigenvalue weighted by molar-refractivity contribution is 5.92. The van der Waals surface area contributed by atoms with E-state index >= 15 is 0 Å². The van der Waals surface area contributed by atoms with Gasteiger partial charge in [0.05, 0.1) is 18.2 Å². The number of allylic oxidation sites excluding steroid dienone is 2. The number of nitrogens with zero attached hydrogens (tertiary/aromatic N) is 2. The lowest BCUT2D eigenvalue weighted by Crippen LogP contribution is -2.38. The Labute approximate surface area is 148 Å². The van der Waals surface area contributed by atoms with Gasteiger partial charge in [-0.25, -0.2) is 9.78 Å². The maximum atomic E-state index is 12.1. The molecule has 1 unspecified atom stereocenters. The highest BCUT2D eigenvalue weighted by Crippen LogP contribution is 2.41. The van der Waals surface area contributed by atoms with E-state index in [-0.39, 0.29) is 11.9 Å². The molecule has 2 heterocycles. The lowest BCUT2D eigenvalue weighted by atomic mass is 9.83. The minimum Gasteiger partial charge on any atom is -0.385 e. The summed E-state index contributed by atoms with van der Waals surface area (Å²) >= 11 is 0. The topological polar surface area (TPSA) is 73.0 Å². The summed E-state index contributed by atoms with van der Waals surface area (Å²) in [5.74, 6) is 0.269. The first-order valence-electron chi connectivity index (χ1n) is 8.71. The zero-order chi connectivity index (χ0) is 17.8. The second kappa shape index (κ2) is 7.42. The van der Waals surface area contributed by atoms with E-state index in [1.54, 1.807) is 18.3 Å². The number of amides is 2. The largest absolute Gasteiger partial charge is 0.385 e. The maximum absolute atomic E-state index is 12.1. The molecule has 1 aromatic carbocycles. The first kappa shape index (κ1) is 17.1. The summed E-state index contributed by atoms with van der Waals surface area (Å²) in [6.45, 7) is 5.58. The van der Waals surface area contributed by atoms with Crippen LogP contribution in [0.2, 0.25) is 0 Å². The van der Waals surface area contributed by atoms with Gasteiger partial charge in [-0.15, -0.1) is 0 Å². The van der Waals surface area contributed by atoms with Gasteiger partial charge in [0.15, 0.2) is 0 Å². The van der Waals surface area contributed by atoms with Crippen molar-refractivity contribution in [2.75, 3.05) is 30.4 Å². The van der Waals surface area contributed by atoms with Gasteiger partial charge in [0.25, 0.3) is 0 Å². The summed E-state index contributed by atoms with van der Waals surface area (Å²) in [5.41, 5.74) is 5.54. The number of aromatic nitrogens is 2. The van der Waals surface area contributed by atoms with E-state index in [9.17, 15) is 4.79 Å². The SMILES string of the molecule is C/C=C(\c1cnc[nH]1)C1CCNc2ccc(N(CC)C(=O)NC)cc21.